The molecule has 1 aromatic rings. The van der Waals surface area contributed by atoms with Gasteiger partial charge in [-0.15, -0.1) is 0 Å². The van der Waals surface area contributed by atoms with Gasteiger partial charge in [-0.3, -0.25) is 4.79 Å². The summed E-state index contributed by atoms with van der Waals surface area (Å²) in [5.74, 6) is -2.19. The first-order chi connectivity index (χ1) is 9.74. The Kier molecular flexibility index (Phi) is 3.89. The largest absolute Gasteiger partial charge is 0.480 e. The number of amides is 1. The Morgan fingerprint density at radius 3 is 2.67 bits per heavy atom. The van der Waals surface area contributed by atoms with E-state index >= 15 is 0 Å². The molecule has 0 spiro atoms. The fourth-order valence-electron chi connectivity index (χ4n) is 2.91. The van der Waals surface area contributed by atoms with Gasteiger partial charge in [0.2, 0.25) is 0 Å². The molecular weight excluding hydrogens is 275 g/mol. The normalized spacial score (nSPS) is 21.1. The molecule has 0 aromatic heterocycles. The van der Waals surface area contributed by atoms with Crippen LogP contribution in [0.5, 0.6) is 0 Å². The van der Waals surface area contributed by atoms with Crippen LogP contribution in [0.15, 0.2) is 18.2 Å². The Labute approximate surface area is 122 Å². The highest BCUT2D eigenvalue weighted by Gasteiger charge is 2.44. The summed E-state index contributed by atoms with van der Waals surface area (Å²) in [5, 5.41) is 9.45. The minimum Gasteiger partial charge on any atom is -0.480 e. The molecule has 2 rings (SSSR count). The lowest BCUT2D eigenvalue weighted by molar-refractivity contribution is -0.148. The average molecular weight is 294 g/mol. The Hall–Kier alpha value is -2.11. The number of nitrogens with zero attached hydrogens (tertiary/aromatic N) is 1. The lowest BCUT2D eigenvalue weighted by Crippen LogP contribution is -2.56. The summed E-state index contributed by atoms with van der Waals surface area (Å²) in [5.41, 5.74) is 4.95. The van der Waals surface area contributed by atoms with E-state index in [1.807, 2.05) is 13.8 Å². The van der Waals surface area contributed by atoms with Gasteiger partial charge in [0.15, 0.2) is 0 Å². The van der Waals surface area contributed by atoms with E-state index in [2.05, 4.69) is 0 Å². The zero-order valence-corrected chi connectivity index (χ0v) is 12.1. The third kappa shape index (κ3) is 2.84. The summed E-state index contributed by atoms with van der Waals surface area (Å²) in [6.07, 6.45) is 1.45. The fraction of sp³-hybridized carbons (Fsp3) is 0.467. The fourth-order valence-corrected chi connectivity index (χ4v) is 2.91. The van der Waals surface area contributed by atoms with Gasteiger partial charge < -0.3 is 15.7 Å². The Morgan fingerprint density at radius 2 is 2.10 bits per heavy atom. The molecular formula is C15H19FN2O3. The molecule has 3 N–H and O–H groups in total. The molecule has 1 heterocycles. The van der Waals surface area contributed by atoms with Crippen molar-refractivity contribution in [3.8, 4) is 0 Å². The van der Waals surface area contributed by atoms with E-state index in [1.165, 1.54) is 17.0 Å². The van der Waals surface area contributed by atoms with Crippen LogP contribution in [-0.4, -0.2) is 34.5 Å². The van der Waals surface area contributed by atoms with E-state index in [4.69, 9.17) is 5.73 Å². The maximum atomic E-state index is 13.5. The van der Waals surface area contributed by atoms with E-state index in [0.717, 1.165) is 18.9 Å². The topological polar surface area (TPSA) is 83.6 Å². The predicted molar refractivity (Wildman–Crippen MR) is 76.3 cm³/mol. The summed E-state index contributed by atoms with van der Waals surface area (Å²) in [4.78, 5) is 25.4. The van der Waals surface area contributed by atoms with Gasteiger partial charge in [0.1, 0.15) is 11.9 Å². The van der Waals surface area contributed by atoms with Crippen molar-refractivity contribution in [2.24, 2.45) is 5.41 Å². The minimum absolute atomic E-state index is 0.0414. The van der Waals surface area contributed by atoms with E-state index in [0.29, 0.717) is 6.54 Å². The molecule has 0 radical (unpaired) electrons. The third-order valence-electron chi connectivity index (χ3n) is 4.01. The second-order valence-corrected chi connectivity index (χ2v) is 6.07. The molecule has 1 fully saturated rings. The van der Waals surface area contributed by atoms with Gasteiger partial charge in [0.25, 0.3) is 5.91 Å². The first-order valence-corrected chi connectivity index (χ1v) is 6.83. The summed E-state index contributed by atoms with van der Waals surface area (Å²) in [6.45, 7) is 4.01. The first kappa shape index (κ1) is 15.3. The molecule has 6 heteroatoms. The Balaban J connectivity index is 2.35. The van der Waals surface area contributed by atoms with E-state index < -0.39 is 29.2 Å². The number of hydrogen-bond acceptors (Lipinski definition) is 3. The van der Waals surface area contributed by atoms with Crippen LogP contribution < -0.4 is 5.73 Å². The molecule has 114 valence electrons. The number of benzene rings is 1. The summed E-state index contributed by atoms with van der Waals surface area (Å²) < 4.78 is 13.5. The molecule has 0 bridgehead atoms. The number of halogens is 1. The molecule has 1 aliphatic rings. The van der Waals surface area contributed by atoms with Crippen LogP contribution >= 0.6 is 0 Å². The van der Waals surface area contributed by atoms with Crippen molar-refractivity contribution in [3.63, 3.8) is 0 Å². The summed E-state index contributed by atoms with van der Waals surface area (Å²) in [6, 6.07) is 2.87. The Morgan fingerprint density at radius 1 is 1.43 bits per heavy atom. The van der Waals surface area contributed by atoms with Gasteiger partial charge >= 0.3 is 5.97 Å². The van der Waals surface area contributed by atoms with Crippen LogP contribution in [-0.2, 0) is 4.79 Å². The number of rotatable bonds is 2. The number of anilines is 1. The van der Waals surface area contributed by atoms with Gasteiger partial charge in [0.05, 0.1) is 5.69 Å². The molecule has 1 amide bonds. The van der Waals surface area contributed by atoms with Gasteiger partial charge in [-0.05, 0) is 36.5 Å². The molecule has 1 aromatic carbocycles. The zero-order valence-electron chi connectivity index (χ0n) is 12.1. The quantitative estimate of drug-likeness (QED) is 0.818. The van der Waals surface area contributed by atoms with E-state index in [1.54, 1.807) is 0 Å². The van der Waals surface area contributed by atoms with Crippen LogP contribution in [0.1, 0.15) is 37.0 Å². The van der Waals surface area contributed by atoms with E-state index in [9.17, 15) is 19.1 Å². The molecule has 1 aliphatic heterocycles. The monoisotopic (exact) mass is 294 g/mol. The Bertz CT molecular complexity index is 586. The smallest absolute Gasteiger partial charge is 0.326 e. The van der Waals surface area contributed by atoms with Crippen molar-refractivity contribution in [1.29, 1.82) is 0 Å². The van der Waals surface area contributed by atoms with Crippen molar-refractivity contribution >= 4 is 17.6 Å². The standard InChI is InChI=1S/C15H19FN2O3/c1-15(2)6-3-7-18(12(15)14(20)21)13(19)9-4-5-11(17)10(16)8-9/h4-5,8,12H,3,6-7,17H2,1-2H3,(H,20,21). The third-order valence-corrected chi connectivity index (χ3v) is 4.01. The number of carboxylic acids is 1. The molecule has 5 nitrogen and oxygen atoms in total. The minimum atomic E-state index is -1.04. The number of aliphatic carboxylic acids is 1. The van der Waals surface area contributed by atoms with E-state index in [-0.39, 0.29) is 11.3 Å². The first-order valence-electron chi connectivity index (χ1n) is 6.83. The molecule has 1 unspecified atom stereocenters. The number of nitrogens with two attached hydrogens (primary N) is 1. The summed E-state index contributed by atoms with van der Waals surface area (Å²) >= 11 is 0. The van der Waals surface area contributed by atoms with Crippen molar-refractivity contribution in [3.05, 3.63) is 29.6 Å². The van der Waals surface area contributed by atoms with Gasteiger partial charge in [-0.2, -0.15) is 0 Å². The molecule has 0 aliphatic carbocycles. The maximum absolute atomic E-state index is 13.5. The number of carbonyl (C=O) groups excluding carboxylic acids is 1. The van der Waals surface area contributed by atoms with Crippen LogP contribution in [0, 0.1) is 11.2 Å². The van der Waals surface area contributed by atoms with Crippen molar-refractivity contribution < 1.29 is 19.1 Å². The van der Waals surface area contributed by atoms with Gasteiger partial charge in [0, 0.05) is 12.1 Å². The number of nitrogen functional groups attached to an aromatic ring is 1. The van der Waals surface area contributed by atoms with Crippen LogP contribution in [0.3, 0.4) is 0 Å². The molecule has 1 atom stereocenters. The molecule has 0 saturated carbocycles. The molecule has 1 saturated heterocycles. The highest BCUT2D eigenvalue weighted by atomic mass is 19.1. The maximum Gasteiger partial charge on any atom is 0.326 e. The van der Waals surface area contributed by atoms with Crippen LogP contribution in [0.2, 0.25) is 0 Å². The average Bonchev–Trinajstić information content (AvgIpc) is 2.39. The van der Waals surface area contributed by atoms with Crippen LogP contribution in [0.25, 0.3) is 0 Å². The highest BCUT2D eigenvalue weighted by molar-refractivity contribution is 5.97. The number of piperidine rings is 1. The van der Waals surface area contributed by atoms with Crippen molar-refractivity contribution in [2.75, 3.05) is 12.3 Å². The van der Waals surface area contributed by atoms with Crippen molar-refractivity contribution in [2.45, 2.75) is 32.7 Å². The number of hydrogen-bond donors (Lipinski definition) is 2. The second-order valence-electron chi connectivity index (χ2n) is 6.07. The second kappa shape index (κ2) is 5.35. The lowest BCUT2D eigenvalue weighted by atomic mass is 9.76. The highest BCUT2D eigenvalue weighted by Crippen LogP contribution is 2.36. The van der Waals surface area contributed by atoms with Crippen LogP contribution in [0.4, 0.5) is 10.1 Å². The SMILES string of the molecule is CC1(C)CCCN(C(=O)c2ccc(N)c(F)c2)C1C(=O)O. The number of likely N-dealkylation sites (tertiary alicyclic amines) is 1. The number of carboxylic acid groups (broad SMARTS) is 1. The predicted octanol–water partition coefficient (Wildman–Crippen LogP) is 2.12. The molecule has 21 heavy (non-hydrogen) atoms. The van der Waals surface area contributed by atoms with Gasteiger partial charge in [-0.1, -0.05) is 13.8 Å². The van der Waals surface area contributed by atoms with Crippen molar-refractivity contribution in [1.82, 2.24) is 4.90 Å². The lowest BCUT2D eigenvalue weighted by Gasteiger charge is -2.44. The zero-order chi connectivity index (χ0) is 15.8. The summed E-state index contributed by atoms with van der Waals surface area (Å²) in [7, 11) is 0. The number of carbonyl (C=O) groups is 2. The van der Waals surface area contributed by atoms with Gasteiger partial charge in [-0.25, -0.2) is 9.18 Å².